The molecule has 1 heterocycles. The van der Waals surface area contributed by atoms with E-state index in [9.17, 15) is 0 Å². The van der Waals surface area contributed by atoms with Gasteiger partial charge in [0, 0.05) is 19.1 Å². The van der Waals surface area contributed by atoms with Crippen LogP contribution in [0.5, 0.6) is 0 Å². The zero-order chi connectivity index (χ0) is 12.5. The summed E-state index contributed by atoms with van der Waals surface area (Å²) in [6.45, 7) is 7.16. The average molecular weight is 243 g/mol. The van der Waals surface area contributed by atoms with Crippen LogP contribution in [0.4, 0.5) is 0 Å². The van der Waals surface area contributed by atoms with Crippen molar-refractivity contribution < 1.29 is 0 Å². The Morgan fingerprint density at radius 1 is 1.06 bits per heavy atom. The van der Waals surface area contributed by atoms with E-state index >= 15 is 0 Å². The van der Waals surface area contributed by atoms with Gasteiger partial charge in [-0.2, -0.15) is 0 Å². The highest BCUT2D eigenvalue weighted by molar-refractivity contribution is 5.30. The van der Waals surface area contributed by atoms with Crippen LogP contribution in [0.25, 0.3) is 0 Å². The lowest BCUT2D eigenvalue weighted by Crippen LogP contribution is -2.36. The predicted octanol–water partition coefficient (Wildman–Crippen LogP) is 4.22. The van der Waals surface area contributed by atoms with Crippen molar-refractivity contribution in [3.63, 3.8) is 0 Å². The molecule has 1 aliphatic carbocycles. The highest BCUT2D eigenvalue weighted by Gasteiger charge is 2.31. The average Bonchev–Trinajstić information content (AvgIpc) is 2.82. The molecule has 1 aromatic carbocycles. The van der Waals surface area contributed by atoms with Gasteiger partial charge in [0.05, 0.1) is 0 Å². The second kappa shape index (κ2) is 5.05. The van der Waals surface area contributed by atoms with Crippen molar-refractivity contribution in [3.05, 3.63) is 35.4 Å². The standard InChI is InChI=1S/C17H25N/c1-13(2)14-8-5-9-17(10-14)18-11-15-6-3-4-7-16(15)12-18/h3-4,6-7,13-14,17H,5,8-12H2,1-2H3. The first-order valence-electron chi connectivity index (χ1n) is 7.55. The van der Waals surface area contributed by atoms with Crippen LogP contribution in [0.1, 0.15) is 50.7 Å². The van der Waals surface area contributed by atoms with E-state index in [1.54, 1.807) is 11.1 Å². The van der Waals surface area contributed by atoms with Gasteiger partial charge in [-0.1, -0.05) is 51.0 Å². The minimum absolute atomic E-state index is 0.832. The van der Waals surface area contributed by atoms with Gasteiger partial charge in [-0.25, -0.2) is 0 Å². The molecule has 0 amide bonds. The quantitative estimate of drug-likeness (QED) is 0.752. The summed E-state index contributed by atoms with van der Waals surface area (Å²) >= 11 is 0. The Morgan fingerprint density at radius 2 is 1.72 bits per heavy atom. The molecule has 1 heteroatoms. The Bertz CT molecular complexity index is 385. The normalized spacial score (nSPS) is 28.6. The zero-order valence-electron chi connectivity index (χ0n) is 11.7. The highest BCUT2D eigenvalue weighted by Crippen LogP contribution is 2.35. The zero-order valence-corrected chi connectivity index (χ0v) is 11.7. The summed E-state index contributed by atoms with van der Waals surface area (Å²) in [4.78, 5) is 2.72. The Kier molecular flexibility index (Phi) is 3.43. The Hall–Kier alpha value is -0.820. The molecule has 1 nitrogen and oxygen atoms in total. The minimum atomic E-state index is 0.832. The molecule has 18 heavy (non-hydrogen) atoms. The van der Waals surface area contributed by atoms with Crippen molar-refractivity contribution in [2.24, 2.45) is 11.8 Å². The van der Waals surface area contributed by atoms with Crippen LogP contribution in [-0.4, -0.2) is 10.9 Å². The molecule has 2 unspecified atom stereocenters. The summed E-state index contributed by atoms with van der Waals surface area (Å²) in [6, 6.07) is 9.80. The molecule has 0 N–H and O–H groups in total. The molecular weight excluding hydrogens is 218 g/mol. The SMILES string of the molecule is CC(C)C1CCCC(N2Cc3ccccc3C2)C1. The molecule has 0 radical (unpaired) electrons. The Morgan fingerprint density at radius 3 is 2.33 bits per heavy atom. The van der Waals surface area contributed by atoms with E-state index in [2.05, 4.69) is 43.0 Å². The third-order valence-corrected chi connectivity index (χ3v) is 5.01. The molecule has 3 rings (SSSR count). The number of rotatable bonds is 2. The first-order chi connectivity index (χ1) is 8.74. The van der Waals surface area contributed by atoms with Crippen molar-refractivity contribution in [1.82, 2.24) is 4.90 Å². The fraction of sp³-hybridized carbons (Fsp3) is 0.647. The maximum absolute atomic E-state index is 2.72. The lowest BCUT2D eigenvalue weighted by molar-refractivity contribution is 0.112. The topological polar surface area (TPSA) is 3.24 Å². The summed E-state index contributed by atoms with van der Waals surface area (Å²) in [5.41, 5.74) is 3.12. The van der Waals surface area contributed by atoms with Gasteiger partial charge < -0.3 is 0 Å². The summed E-state index contributed by atoms with van der Waals surface area (Å²) < 4.78 is 0. The largest absolute Gasteiger partial charge is 0.292 e. The van der Waals surface area contributed by atoms with E-state index in [0.717, 1.165) is 17.9 Å². The van der Waals surface area contributed by atoms with Crippen LogP contribution >= 0.6 is 0 Å². The molecule has 1 fully saturated rings. The summed E-state index contributed by atoms with van der Waals surface area (Å²) in [5.74, 6) is 1.81. The second-order valence-corrected chi connectivity index (χ2v) is 6.50. The summed E-state index contributed by atoms with van der Waals surface area (Å²) in [5, 5.41) is 0. The monoisotopic (exact) mass is 243 g/mol. The van der Waals surface area contributed by atoms with E-state index in [-0.39, 0.29) is 0 Å². The van der Waals surface area contributed by atoms with Crippen LogP contribution in [0.2, 0.25) is 0 Å². The molecule has 0 aromatic heterocycles. The molecule has 0 bridgehead atoms. The first-order valence-corrected chi connectivity index (χ1v) is 7.55. The van der Waals surface area contributed by atoms with Crippen LogP contribution in [0.3, 0.4) is 0 Å². The van der Waals surface area contributed by atoms with Gasteiger partial charge in [0.2, 0.25) is 0 Å². The van der Waals surface area contributed by atoms with Crippen LogP contribution < -0.4 is 0 Å². The Balaban J connectivity index is 1.67. The minimum Gasteiger partial charge on any atom is -0.292 e. The van der Waals surface area contributed by atoms with Gasteiger partial charge in [0.25, 0.3) is 0 Å². The molecule has 98 valence electrons. The van der Waals surface area contributed by atoms with E-state index in [0.29, 0.717) is 0 Å². The predicted molar refractivity (Wildman–Crippen MR) is 76.3 cm³/mol. The third kappa shape index (κ3) is 2.33. The van der Waals surface area contributed by atoms with Gasteiger partial charge in [-0.3, -0.25) is 4.90 Å². The maximum Gasteiger partial charge on any atom is 0.0243 e. The van der Waals surface area contributed by atoms with Crippen molar-refractivity contribution in [2.45, 2.75) is 58.7 Å². The smallest absolute Gasteiger partial charge is 0.0243 e. The van der Waals surface area contributed by atoms with Gasteiger partial charge in [0.15, 0.2) is 0 Å². The molecular formula is C17H25N. The van der Waals surface area contributed by atoms with Crippen molar-refractivity contribution in [3.8, 4) is 0 Å². The lowest BCUT2D eigenvalue weighted by Gasteiger charge is -2.36. The van der Waals surface area contributed by atoms with E-state index in [1.165, 1.54) is 38.8 Å². The maximum atomic E-state index is 2.72. The van der Waals surface area contributed by atoms with Crippen LogP contribution in [-0.2, 0) is 13.1 Å². The molecule has 2 atom stereocenters. The molecule has 1 aliphatic heterocycles. The van der Waals surface area contributed by atoms with E-state index < -0.39 is 0 Å². The van der Waals surface area contributed by atoms with Gasteiger partial charge in [0.1, 0.15) is 0 Å². The van der Waals surface area contributed by atoms with E-state index in [4.69, 9.17) is 0 Å². The highest BCUT2D eigenvalue weighted by atomic mass is 15.2. The lowest BCUT2D eigenvalue weighted by atomic mass is 9.79. The number of benzene rings is 1. The molecule has 2 aliphatic rings. The summed E-state index contributed by atoms with van der Waals surface area (Å²) in [7, 11) is 0. The fourth-order valence-electron chi connectivity index (χ4n) is 3.76. The number of hydrogen-bond acceptors (Lipinski definition) is 1. The number of nitrogens with zero attached hydrogens (tertiary/aromatic N) is 1. The van der Waals surface area contributed by atoms with Gasteiger partial charge >= 0.3 is 0 Å². The molecule has 0 spiro atoms. The van der Waals surface area contributed by atoms with E-state index in [1.807, 2.05) is 0 Å². The van der Waals surface area contributed by atoms with Crippen molar-refractivity contribution in [1.29, 1.82) is 0 Å². The van der Waals surface area contributed by atoms with Crippen LogP contribution in [0, 0.1) is 11.8 Å². The fourth-order valence-corrected chi connectivity index (χ4v) is 3.76. The van der Waals surface area contributed by atoms with Crippen molar-refractivity contribution >= 4 is 0 Å². The first kappa shape index (κ1) is 12.2. The summed E-state index contributed by atoms with van der Waals surface area (Å²) in [6.07, 6.45) is 5.72. The number of fused-ring (bicyclic) bond motifs is 1. The van der Waals surface area contributed by atoms with Gasteiger partial charge in [-0.15, -0.1) is 0 Å². The Labute approximate surface area is 111 Å². The van der Waals surface area contributed by atoms with Crippen LogP contribution in [0.15, 0.2) is 24.3 Å². The molecule has 1 aromatic rings. The second-order valence-electron chi connectivity index (χ2n) is 6.50. The third-order valence-electron chi connectivity index (χ3n) is 5.01. The molecule has 1 saturated carbocycles. The van der Waals surface area contributed by atoms with Gasteiger partial charge in [-0.05, 0) is 35.8 Å². The molecule has 0 saturated heterocycles. The van der Waals surface area contributed by atoms with Crippen molar-refractivity contribution in [2.75, 3.05) is 0 Å². The number of hydrogen-bond donors (Lipinski definition) is 0.